The molecule has 0 saturated heterocycles. The first-order valence-electron chi connectivity index (χ1n) is 4.95. The molecule has 0 aromatic carbocycles. The van der Waals surface area contributed by atoms with Crippen LogP contribution in [0.25, 0.3) is 0 Å². The van der Waals surface area contributed by atoms with Crippen LogP contribution >= 0.6 is 0 Å². The van der Waals surface area contributed by atoms with Crippen LogP contribution in [0, 0.1) is 0 Å². The zero-order valence-electron chi connectivity index (χ0n) is 9.65. The van der Waals surface area contributed by atoms with Gasteiger partial charge in [-0.05, 0) is 20.8 Å². The van der Waals surface area contributed by atoms with Gasteiger partial charge in [-0.2, -0.15) is 0 Å². The second-order valence-corrected chi connectivity index (χ2v) is 4.39. The molecular weight excluding hydrogens is 210 g/mol. The predicted octanol–water partition coefficient (Wildman–Crippen LogP) is 0.155. The summed E-state index contributed by atoms with van der Waals surface area (Å²) >= 11 is 0. The second-order valence-electron chi connectivity index (χ2n) is 4.39. The molecule has 5 N–H and O–H groups in total. The van der Waals surface area contributed by atoms with Crippen LogP contribution < -0.4 is 16.8 Å². The maximum atomic E-state index is 10.8. The number of primary amides is 1. The third kappa shape index (κ3) is 3.50. The van der Waals surface area contributed by atoms with Crippen molar-refractivity contribution in [1.82, 2.24) is 10.2 Å². The van der Waals surface area contributed by atoms with Crippen molar-refractivity contribution in [2.75, 3.05) is 5.32 Å². The van der Waals surface area contributed by atoms with E-state index >= 15 is 0 Å². The molecule has 1 amide bonds. The highest BCUT2D eigenvalue weighted by Gasteiger charge is 2.23. The van der Waals surface area contributed by atoms with Crippen molar-refractivity contribution < 1.29 is 9.21 Å². The molecule has 16 heavy (non-hydrogen) atoms. The normalized spacial score (nSPS) is 13.5. The third-order valence-electron chi connectivity index (χ3n) is 1.89. The predicted molar refractivity (Wildman–Crippen MR) is 58.4 cm³/mol. The van der Waals surface area contributed by atoms with Crippen LogP contribution in [0.4, 0.5) is 6.01 Å². The van der Waals surface area contributed by atoms with E-state index in [2.05, 4.69) is 15.5 Å². The van der Waals surface area contributed by atoms with Crippen LogP contribution in [-0.2, 0) is 4.79 Å². The summed E-state index contributed by atoms with van der Waals surface area (Å²) < 4.78 is 5.25. The number of hydrogen-bond acceptors (Lipinski definition) is 6. The van der Waals surface area contributed by atoms with E-state index in [0.717, 1.165) is 0 Å². The highest BCUT2D eigenvalue weighted by Crippen LogP contribution is 2.18. The lowest BCUT2D eigenvalue weighted by Gasteiger charge is -2.22. The van der Waals surface area contributed by atoms with Gasteiger partial charge in [-0.15, -0.1) is 5.10 Å². The molecule has 0 aliphatic heterocycles. The van der Waals surface area contributed by atoms with E-state index in [1.807, 2.05) is 13.8 Å². The van der Waals surface area contributed by atoms with Crippen LogP contribution in [-0.4, -0.2) is 21.6 Å². The number of carbonyl (C=O) groups is 1. The van der Waals surface area contributed by atoms with Gasteiger partial charge in [-0.1, -0.05) is 5.10 Å². The molecule has 7 heteroatoms. The Morgan fingerprint density at radius 1 is 1.56 bits per heavy atom. The maximum Gasteiger partial charge on any atom is 0.315 e. The third-order valence-corrected chi connectivity index (χ3v) is 1.89. The van der Waals surface area contributed by atoms with Crippen molar-refractivity contribution in [2.45, 2.75) is 38.8 Å². The van der Waals surface area contributed by atoms with Gasteiger partial charge in [0.2, 0.25) is 11.8 Å². The Morgan fingerprint density at radius 2 is 2.19 bits per heavy atom. The van der Waals surface area contributed by atoms with E-state index in [9.17, 15) is 4.79 Å². The van der Waals surface area contributed by atoms with Crippen LogP contribution in [0.15, 0.2) is 4.42 Å². The summed E-state index contributed by atoms with van der Waals surface area (Å²) in [5.74, 6) is -0.0539. The Hall–Kier alpha value is -1.63. The van der Waals surface area contributed by atoms with E-state index in [0.29, 0.717) is 5.89 Å². The summed E-state index contributed by atoms with van der Waals surface area (Å²) in [5, 5.41) is 10.5. The standard InChI is InChI=1S/C9H17N5O2/c1-5(10)7-13-14-8(16-7)12-9(2,3)4-6(11)15/h5H,4,10H2,1-3H3,(H2,11,15)(H,12,14). The number of nitrogens with two attached hydrogens (primary N) is 2. The van der Waals surface area contributed by atoms with E-state index in [4.69, 9.17) is 15.9 Å². The van der Waals surface area contributed by atoms with Gasteiger partial charge in [0.1, 0.15) is 0 Å². The van der Waals surface area contributed by atoms with Crippen molar-refractivity contribution in [3.8, 4) is 0 Å². The highest BCUT2D eigenvalue weighted by atomic mass is 16.4. The SMILES string of the molecule is CC(N)c1nnc(NC(C)(C)CC(N)=O)o1. The molecule has 0 fully saturated rings. The molecule has 0 saturated carbocycles. The molecular formula is C9H17N5O2. The van der Waals surface area contributed by atoms with Gasteiger partial charge >= 0.3 is 6.01 Å². The fraction of sp³-hybridized carbons (Fsp3) is 0.667. The Kier molecular flexibility index (Phi) is 3.48. The topological polar surface area (TPSA) is 120 Å². The lowest BCUT2D eigenvalue weighted by molar-refractivity contribution is -0.118. The van der Waals surface area contributed by atoms with Crippen LogP contribution in [0.3, 0.4) is 0 Å². The molecule has 0 spiro atoms. The van der Waals surface area contributed by atoms with E-state index in [1.165, 1.54) is 0 Å². The monoisotopic (exact) mass is 227 g/mol. The number of carbonyl (C=O) groups excluding carboxylic acids is 1. The largest absolute Gasteiger partial charge is 0.406 e. The Labute approximate surface area is 93.6 Å². The number of rotatable bonds is 5. The van der Waals surface area contributed by atoms with Crippen molar-refractivity contribution >= 4 is 11.9 Å². The first-order valence-corrected chi connectivity index (χ1v) is 4.95. The summed E-state index contributed by atoms with van der Waals surface area (Å²) in [5.41, 5.74) is 10.2. The Morgan fingerprint density at radius 3 is 2.62 bits per heavy atom. The molecule has 0 aliphatic rings. The van der Waals surface area contributed by atoms with Gasteiger partial charge < -0.3 is 21.2 Å². The molecule has 1 atom stereocenters. The summed E-state index contributed by atoms with van der Waals surface area (Å²) in [6.07, 6.45) is 0.170. The number of nitrogens with zero attached hydrogens (tertiary/aromatic N) is 2. The first kappa shape index (κ1) is 12.4. The number of anilines is 1. The minimum Gasteiger partial charge on any atom is -0.406 e. The second kappa shape index (κ2) is 4.48. The minimum atomic E-state index is -0.534. The highest BCUT2D eigenvalue weighted by molar-refractivity contribution is 5.75. The average molecular weight is 227 g/mol. The molecule has 1 rings (SSSR count). The van der Waals surface area contributed by atoms with Crippen molar-refractivity contribution in [3.05, 3.63) is 5.89 Å². The average Bonchev–Trinajstić information content (AvgIpc) is 2.48. The van der Waals surface area contributed by atoms with Crippen LogP contribution in [0.2, 0.25) is 0 Å². The fourth-order valence-electron chi connectivity index (χ4n) is 1.24. The van der Waals surface area contributed by atoms with E-state index in [-0.39, 0.29) is 18.5 Å². The molecule has 0 radical (unpaired) electrons. The number of hydrogen-bond donors (Lipinski definition) is 3. The lowest BCUT2D eigenvalue weighted by Crippen LogP contribution is -2.36. The summed E-state index contributed by atoms with van der Waals surface area (Å²) in [4.78, 5) is 10.8. The van der Waals surface area contributed by atoms with Gasteiger partial charge in [-0.25, -0.2) is 0 Å². The number of aromatic nitrogens is 2. The zero-order chi connectivity index (χ0) is 12.3. The quantitative estimate of drug-likeness (QED) is 0.658. The smallest absolute Gasteiger partial charge is 0.315 e. The minimum absolute atomic E-state index is 0.170. The molecule has 90 valence electrons. The maximum absolute atomic E-state index is 10.8. The van der Waals surface area contributed by atoms with Gasteiger partial charge in [0.15, 0.2) is 0 Å². The van der Waals surface area contributed by atoms with Crippen molar-refractivity contribution in [1.29, 1.82) is 0 Å². The van der Waals surface area contributed by atoms with Crippen LogP contribution in [0.5, 0.6) is 0 Å². The molecule has 1 aromatic heterocycles. The molecule has 7 nitrogen and oxygen atoms in total. The Balaban J connectivity index is 2.68. The van der Waals surface area contributed by atoms with E-state index in [1.54, 1.807) is 6.92 Å². The Bertz CT molecular complexity index is 372. The van der Waals surface area contributed by atoms with Gasteiger partial charge in [0.05, 0.1) is 6.04 Å². The summed E-state index contributed by atoms with van der Waals surface area (Å²) in [6, 6.07) is -0.0825. The molecule has 1 unspecified atom stereocenters. The summed E-state index contributed by atoms with van der Waals surface area (Å²) in [6.45, 7) is 5.37. The number of nitrogens with one attached hydrogen (secondary N) is 1. The van der Waals surface area contributed by atoms with Gasteiger partial charge in [-0.3, -0.25) is 4.79 Å². The number of amides is 1. The molecule has 0 bridgehead atoms. The van der Waals surface area contributed by atoms with Crippen molar-refractivity contribution in [2.24, 2.45) is 11.5 Å². The fourth-order valence-corrected chi connectivity index (χ4v) is 1.24. The zero-order valence-corrected chi connectivity index (χ0v) is 9.65. The van der Waals surface area contributed by atoms with Crippen molar-refractivity contribution in [3.63, 3.8) is 0 Å². The lowest BCUT2D eigenvalue weighted by atomic mass is 10.0. The molecule has 1 heterocycles. The first-order chi connectivity index (χ1) is 7.30. The molecule has 0 aliphatic carbocycles. The van der Waals surface area contributed by atoms with Gasteiger partial charge in [0, 0.05) is 12.0 Å². The molecule has 1 aromatic rings. The van der Waals surface area contributed by atoms with Crippen LogP contribution in [0.1, 0.15) is 39.1 Å². The summed E-state index contributed by atoms with van der Waals surface area (Å²) in [7, 11) is 0. The van der Waals surface area contributed by atoms with Gasteiger partial charge in [0.25, 0.3) is 0 Å². The van der Waals surface area contributed by atoms with E-state index < -0.39 is 11.4 Å².